The first kappa shape index (κ1) is 20.3. The first-order valence-electron chi connectivity index (χ1n) is 8.89. The van der Waals surface area contributed by atoms with Gasteiger partial charge in [-0.3, -0.25) is 4.79 Å². The number of rotatable bonds is 6. The number of amides is 1. The third kappa shape index (κ3) is 4.88. The third-order valence-corrected chi connectivity index (χ3v) is 5.27. The summed E-state index contributed by atoms with van der Waals surface area (Å²) < 4.78 is 11.3. The normalized spacial score (nSPS) is 17.6. The lowest BCUT2D eigenvalue weighted by Crippen LogP contribution is -2.19. The summed E-state index contributed by atoms with van der Waals surface area (Å²) in [6.45, 7) is 4.01. The first-order valence-corrected chi connectivity index (χ1v) is 10.1. The van der Waals surface area contributed by atoms with Crippen LogP contribution in [0.5, 0.6) is 11.5 Å². The van der Waals surface area contributed by atoms with Crippen LogP contribution in [-0.4, -0.2) is 24.3 Å². The van der Waals surface area contributed by atoms with Gasteiger partial charge in [0.05, 0.1) is 28.8 Å². The highest BCUT2D eigenvalue weighted by molar-refractivity contribution is 8.18. The maximum absolute atomic E-state index is 12.3. The van der Waals surface area contributed by atoms with Gasteiger partial charge in [0.15, 0.2) is 16.7 Å². The van der Waals surface area contributed by atoms with Crippen LogP contribution in [0.1, 0.15) is 25.8 Å². The molecule has 2 aromatic rings. The average molecular weight is 417 g/mol. The Morgan fingerprint density at radius 3 is 2.71 bits per heavy atom. The van der Waals surface area contributed by atoms with Crippen LogP contribution in [0.3, 0.4) is 0 Å². The lowest BCUT2D eigenvalue weighted by Gasteiger charge is -2.17. The molecular weight excluding hydrogens is 396 g/mol. The van der Waals surface area contributed by atoms with Crippen molar-refractivity contribution in [2.75, 3.05) is 7.11 Å². The van der Waals surface area contributed by atoms with Gasteiger partial charge in [0, 0.05) is 0 Å². The van der Waals surface area contributed by atoms with E-state index >= 15 is 0 Å². The molecule has 2 aromatic carbocycles. The van der Waals surface area contributed by atoms with Gasteiger partial charge in [-0.2, -0.15) is 0 Å². The van der Waals surface area contributed by atoms with Crippen molar-refractivity contribution in [3.8, 4) is 11.5 Å². The Labute approximate surface area is 173 Å². The van der Waals surface area contributed by atoms with E-state index in [1.807, 2.05) is 44.2 Å². The number of para-hydroxylation sites is 1. The van der Waals surface area contributed by atoms with E-state index in [0.717, 1.165) is 17.7 Å². The summed E-state index contributed by atoms with van der Waals surface area (Å²) >= 11 is 7.69. The Kier molecular flexibility index (Phi) is 6.65. The molecule has 3 rings (SSSR count). The number of halogens is 1. The molecule has 0 spiro atoms. The second-order valence-electron chi connectivity index (χ2n) is 6.19. The van der Waals surface area contributed by atoms with E-state index in [1.165, 1.54) is 11.8 Å². The van der Waals surface area contributed by atoms with Gasteiger partial charge in [-0.1, -0.05) is 36.7 Å². The number of aliphatic imine (C=N–C) groups is 1. The molecule has 1 atom stereocenters. The number of carbonyl (C=O) groups is 1. The van der Waals surface area contributed by atoms with Crippen molar-refractivity contribution in [1.82, 2.24) is 5.32 Å². The van der Waals surface area contributed by atoms with Crippen molar-refractivity contribution in [3.05, 3.63) is 58.0 Å². The topological polar surface area (TPSA) is 59.9 Å². The van der Waals surface area contributed by atoms with Gasteiger partial charge in [0.25, 0.3) is 5.91 Å². The van der Waals surface area contributed by atoms with E-state index < -0.39 is 0 Å². The molecule has 1 N–H and O–H groups in total. The van der Waals surface area contributed by atoms with Crippen molar-refractivity contribution in [2.45, 2.75) is 26.4 Å². The van der Waals surface area contributed by atoms with Crippen LogP contribution < -0.4 is 14.8 Å². The second kappa shape index (κ2) is 9.17. The molecule has 1 fully saturated rings. The Morgan fingerprint density at radius 2 is 2.04 bits per heavy atom. The van der Waals surface area contributed by atoms with E-state index in [-0.39, 0.29) is 12.0 Å². The van der Waals surface area contributed by atoms with E-state index in [4.69, 9.17) is 21.1 Å². The molecule has 0 bridgehead atoms. The van der Waals surface area contributed by atoms with Gasteiger partial charge < -0.3 is 14.8 Å². The van der Waals surface area contributed by atoms with E-state index in [9.17, 15) is 4.79 Å². The smallest absolute Gasteiger partial charge is 0.264 e. The first-order chi connectivity index (χ1) is 13.5. The summed E-state index contributed by atoms with van der Waals surface area (Å²) in [7, 11) is 1.56. The summed E-state index contributed by atoms with van der Waals surface area (Å²) in [5, 5.41) is 3.75. The van der Waals surface area contributed by atoms with Gasteiger partial charge in [0.1, 0.15) is 0 Å². The Hall–Kier alpha value is -2.44. The number of nitrogens with one attached hydrogen (secondary N) is 1. The Morgan fingerprint density at radius 1 is 1.29 bits per heavy atom. The Balaban J connectivity index is 1.86. The van der Waals surface area contributed by atoms with Crippen molar-refractivity contribution in [1.29, 1.82) is 0 Å². The zero-order valence-corrected chi connectivity index (χ0v) is 17.4. The minimum atomic E-state index is -0.199. The number of thioether (sulfide) groups is 1. The largest absolute Gasteiger partial charge is 0.493 e. The lowest BCUT2D eigenvalue weighted by molar-refractivity contribution is -0.115. The number of amidine groups is 1. The van der Waals surface area contributed by atoms with Crippen LogP contribution in [0.25, 0.3) is 6.08 Å². The van der Waals surface area contributed by atoms with Gasteiger partial charge in [-0.15, -0.1) is 0 Å². The molecule has 1 heterocycles. The highest BCUT2D eigenvalue weighted by Gasteiger charge is 2.24. The monoisotopic (exact) mass is 416 g/mol. The molecule has 146 valence electrons. The maximum Gasteiger partial charge on any atom is 0.264 e. The number of hydrogen-bond acceptors (Lipinski definition) is 5. The van der Waals surface area contributed by atoms with Crippen LogP contribution >= 0.6 is 23.4 Å². The fraction of sp³-hybridized carbons (Fsp3) is 0.238. The highest BCUT2D eigenvalue weighted by atomic mass is 35.5. The Bertz CT molecular complexity index is 929. The number of benzene rings is 2. The quantitative estimate of drug-likeness (QED) is 0.639. The predicted molar refractivity (Wildman–Crippen MR) is 116 cm³/mol. The number of ether oxygens (including phenoxy) is 2. The molecule has 28 heavy (non-hydrogen) atoms. The van der Waals surface area contributed by atoms with Gasteiger partial charge in [-0.25, -0.2) is 4.99 Å². The summed E-state index contributed by atoms with van der Waals surface area (Å²) in [6.07, 6.45) is 2.63. The molecule has 0 radical (unpaired) electrons. The molecule has 5 nitrogen and oxygen atoms in total. The van der Waals surface area contributed by atoms with E-state index in [2.05, 4.69) is 10.3 Å². The second-order valence-corrected chi connectivity index (χ2v) is 7.63. The zero-order chi connectivity index (χ0) is 20.1. The minimum Gasteiger partial charge on any atom is -0.493 e. The van der Waals surface area contributed by atoms with Crippen LogP contribution in [-0.2, 0) is 4.79 Å². The zero-order valence-electron chi connectivity index (χ0n) is 15.9. The standard InChI is InChI=1S/C21H21ClN2O3S/c1-4-13(2)27-19-16(22)10-14(11-17(19)26-3)12-18-20(25)24-21(28-18)23-15-8-6-5-7-9-15/h5-13H,4H2,1-3H3,(H,23,24,25)/b18-12-/t13-/m0/s1. The van der Waals surface area contributed by atoms with Crippen molar-refractivity contribution >= 4 is 46.2 Å². The molecule has 1 aliphatic heterocycles. The average Bonchev–Trinajstić information content (AvgIpc) is 3.02. The van der Waals surface area contributed by atoms with Crippen molar-refractivity contribution < 1.29 is 14.3 Å². The molecule has 0 unspecified atom stereocenters. The fourth-order valence-electron chi connectivity index (χ4n) is 2.47. The van der Waals surface area contributed by atoms with Gasteiger partial charge in [0.2, 0.25) is 0 Å². The molecule has 1 amide bonds. The van der Waals surface area contributed by atoms with Gasteiger partial charge >= 0.3 is 0 Å². The fourth-order valence-corrected chi connectivity index (χ4v) is 3.58. The summed E-state index contributed by atoms with van der Waals surface area (Å²) in [5.41, 5.74) is 1.53. The summed E-state index contributed by atoms with van der Waals surface area (Å²) in [6, 6.07) is 13.0. The molecular formula is C21H21ClN2O3S. The third-order valence-electron chi connectivity index (χ3n) is 4.08. The van der Waals surface area contributed by atoms with Crippen LogP contribution in [0, 0.1) is 0 Å². The molecule has 0 aromatic heterocycles. The number of methoxy groups -OCH3 is 1. The van der Waals surface area contributed by atoms with Crippen LogP contribution in [0.15, 0.2) is 52.4 Å². The summed E-state index contributed by atoms with van der Waals surface area (Å²) in [4.78, 5) is 17.3. The SMILES string of the molecule is CC[C@H](C)Oc1c(Cl)cc(/C=C2\SC(=Nc3ccccc3)NC2=O)cc1OC. The molecule has 0 aliphatic carbocycles. The maximum atomic E-state index is 12.3. The molecule has 7 heteroatoms. The van der Waals surface area contributed by atoms with Crippen molar-refractivity contribution in [2.24, 2.45) is 4.99 Å². The molecule has 0 saturated carbocycles. The van der Waals surface area contributed by atoms with Gasteiger partial charge in [-0.05, 0) is 61.0 Å². The van der Waals surface area contributed by atoms with E-state index in [0.29, 0.717) is 26.6 Å². The molecule has 1 saturated heterocycles. The highest BCUT2D eigenvalue weighted by Crippen LogP contribution is 2.39. The number of carbonyl (C=O) groups excluding carboxylic acids is 1. The number of nitrogens with zero attached hydrogens (tertiary/aromatic N) is 1. The minimum absolute atomic E-state index is 0.0172. The summed E-state index contributed by atoms with van der Waals surface area (Å²) in [5.74, 6) is 0.839. The number of hydrogen-bond donors (Lipinski definition) is 1. The predicted octanol–water partition coefficient (Wildman–Crippen LogP) is 5.42. The molecule has 1 aliphatic rings. The van der Waals surface area contributed by atoms with E-state index in [1.54, 1.807) is 25.3 Å². The lowest BCUT2D eigenvalue weighted by atomic mass is 10.1. The van der Waals surface area contributed by atoms with Crippen molar-refractivity contribution in [3.63, 3.8) is 0 Å². The van der Waals surface area contributed by atoms with Crippen LogP contribution in [0.4, 0.5) is 5.69 Å². The van der Waals surface area contributed by atoms with Crippen LogP contribution in [0.2, 0.25) is 5.02 Å².